The van der Waals surface area contributed by atoms with E-state index in [1.807, 2.05) is 57.5 Å². The molecule has 1 aromatic heterocycles. The Morgan fingerprint density at radius 1 is 1.27 bits per heavy atom. The first kappa shape index (κ1) is 22.1. The number of aliphatic imine (C=N–C) groups is 1. The molecule has 26 heavy (non-hydrogen) atoms. The Hall–Kier alpha value is -1.90. The van der Waals surface area contributed by atoms with Crippen LogP contribution in [0.1, 0.15) is 12.6 Å². The molecule has 0 fully saturated rings. The summed E-state index contributed by atoms with van der Waals surface area (Å²) in [6.45, 7) is 3.46. The van der Waals surface area contributed by atoms with Crippen LogP contribution in [-0.4, -0.2) is 49.3 Å². The van der Waals surface area contributed by atoms with Crippen LogP contribution in [0.2, 0.25) is 0 Å². The van der Waals surface area contributed by atoms with E-state index in [1.165, 1.54) is 5.69 Å². The summed E-state index contributed by atoms with van der Waals surface area (Å²) in [4.78, 5) is 6.44. The lowest BCUT2D eigenvalue weighted by atomic mass is 10.3. The van der Waals surface area contributed by atoms with E-state index in [1.54, 1.807) is 14.2 Å². The van der Waals surface area contributed by atoms with Crippen molar-refractivity contribution in [3.8, 4) is 11.5 Å². The van der Waals surface area contributed by atoms with Gasteiger partial charge in [-0.1, -0.05) is 6.07 Å². The summed E-state index contributed by atoms with van der Waals surface area (Å²) in [6, 6.07) is 11.8. The van der Waals surface area contributed by atoms with Crippen LogP contribution in [-0.2, 0) is 13.6 Å². The van der Waals surface area contributed by atoms with Crippen molar-refractivity contribution in [3.05, 3.63) is 48.3 Å². The van der Waals surface area contributed by atoms with Gasteiger partial charge in [0.2, 0.25) is 0 Å². The van der Waals surface area contributed by atoms with Gasteiger partial charge in [-0.25, -0.2) is 0 Å². The number of aromatic nitrogens is 1. The van der Waals surface area contributed by atoms with Crippen LogP contribution in [0, 0.1) is 0 Å². The Balaban J connectivity index is 0.00000338. The highest BCUT2D eigenvalue weighted by molar-refractivity contribution is 14.0. The number of rotatable bonds is 7. The lowest BCUT2D eigenvalue weighted by Crippen LogP contribution is -2.42. The first-order valence-electron chi connectivity index (χ1n) is 8.36. The van der Waals surface area contributed by atoms with Crippen LogP contribution < -0.4 is 14.8 Å². The second-order valence-corrected chi connectivity index (χ2v) is 6.00. The summed E-state index contributed by atoms with van der Waals surface area (Å²) in [6.07, 6.45) is 2.04. The molecule has 0 saturated carbocycles. The molecular formula is C19H29IN4O2. The molecule has 0 aliphatic carbocycles. The minimum absolute atomic E-state index is 0. The Labute approximate surface area is 173 Å². The van der Waals surface area contributed by atoms with Gasteiger partial charge in [0, 0.05) is 39.1 Å². The minimum atomic E-state index is -0.00714. The molecule has 1 atom stereocenters. The normalized spacial score (nSPS) is 12.1. The molecule has 0 spiro atoms. The standard InChI is InChI=1S/C19H28N4O2.HI/c1-15(25-18-10-6-9-17(12-18)24-5)13-21-19(20-2)23(4)14-16-8-7-11-22(16)3;/h6-12,15H,13-14H2,1-5H3,(H,20,21);1H. The maximum atomic E-state index is 5.94. The molecule has 1 aromatic carbocycles. The van der Waals surface area contributed by atoms with Gasteiger partial charge in [-0.15, -0.1) is 24.0 Å². The van der Waals surface area contributed by atoms with Crippen molar-refractivity contribution < 1.29 is 9.47 Å². The zero-order chi connectivity index (χ0) is 18.2. The molecule has 1 unspecified atom stereocenters. The van der Waals surface area contributed by atoms with Crippen LogP contribution in [0.15, 0.2) is 47.6 Å². The van der Waals surface area contributed by atoms with Crippen LogP contribution >= 0.6 is 24.0 Å². The number of guanidine groups is 1. The quantitative estimate of drug-likeness (QED) is 0.382. The molecule has 1 N–H and O–H groups in total. The van der Waals surface area contributed by atoms with Crippen molar-refractivity contribution >= 4 is 29.9 Å². The summed E-state index contributed by atoms with van der Waals surface area (Å²) >= 11 is 0. The van der Waals surface area contributed by atoms with Gasteiger partial charge in [-0.05, 0) is 31.2 Å². The maximum absolute atomic E-state index is 5.94. The van der Waals surface area contributed by atoms with Gasteiger partial charge in [-0.3, -0.25) is 4.99 Å². The average molecular weight is 472 g/mol. The van der Waals surface area contributed by atoms with E-state index in [0.717, 1.165) is 24.0 Å². The molecule has 7 heteroatoms. The summed E-state index contributed by atoms with van der Waals surface area (Å²) in [5.41, 5.74) is 1.23. The van der Waals surface area contributed by atoms with Gasteiger partial charge in [0.1, 0.15) is 17.6 Å². The number of benzene rings is 1. The molecular weight excluding hydrogens is 443 g/mol. The second kappa shape index (κ2) is 10.9. The average Bonchev–Trinajstić information content (AvgIpc) is 3.00. The van der Waals surface area contributed by atoms with E-state index in [4.69, 9.17) is 9.47 Å². The molecule has 0 saturated heterocycles. The van der Waals surface area contributed by atoms with Crippen LogP contribution in [0.25, 0.3) is 0 Å². The molecule has 0 radical (unpaired) electrons. The van der Waals surface area contributed by atoms with Gasteiger partial charge < -0.3 is 24.3 Å². The molecule has 0 aliphatic rings. The van der Waals surface area contributed by atoms with Gasteiger partial charge in [0.25, 0.3) is 0 Å². The second-order valence-electron chi connectivity index (χ2n) is 6.00. The van der Waals surface area contributed by atoms with Crippen molar-refractivity contribution in [3.63, 3.8) is 0 Å². The lowest BCUT2D eigenvalue weighted by Gasteiger charge is -2.24. The van der Waals surface area contributed by atoms with Gasteiger partial charge in [-0.2, -0.15) is 0 Å². The highest BCUT2D eigenvalue weighted by Gasteiger charge is 2.11. The van der Waals surface area contributed by atoms with Crippen molar-refractivity contribution in [2.45, 2.75) is 19.6 Å². The number of hydrogen-bond acceptors (Lipinski definition) is 3. The predicted molar refractivity (Wildman–Crippen MR) is 117 cm³/mol. The van der Waals surface area contributed by atoms with Crippen LogP contribution in [0.3, 0.4) is 0 Å². The fraction of sp³-hybridized carbons (Fsp3) is 0.421. The number of halogens is 1. The monoisotopic (exact) mass is 472 g/mol. The number of hydrogen-bond donors (Lipinski definition) is 1. The lowest BCUT2D eigenvalue weighted by molar-refractivity contribution is 0.221. The summed E-state index contributed by atoms with van der Waals surface area (Å²) in [7, 11) is 7.51. The van der Waals surface area contributed by atoms with Gasteiger partial charge in [0.05, 0.1) is 20.2 Å². The number of nitrogens with zero attached hydrogens (tertiary/aromatic N) is 3. The highest BCUT2D eigenvalue weighted by atomic mass is 127. The van der Waals surface area contributed by atoms with Crippen molar-refractivity contribution in [2.24, 2.45) is 12.0 Å². The Kier molecular flexibility index (Phi) is 9.32. The van der Waals surface area contributed by atoms with E-state index in [0.29, 0.717) is 6.54 Å². The van der Waals surface area contributed by atoms with Crippen molar-refractivity contribution in [2.75, 3.05) is 27.7 Å². The van der Waals surface area contributed by atoms with E-state index in [2.05, 4.69) is 25.8 Å². The number of nitrogens with one attached hydrogen (secondary N) is 1. The Morgan fingerprint density at radius 3 is 2.62 bits per heavy atom. The summed E-state index contributed by atoms with van der Waals surface area (Å²) < 4.78 is 13.3. The minimum Gasteiger partial charge on any atom is -0.497 e. The zero-order valence-electron chi connectivity index (χ0n) is 16.1. The molecule has 0 amide bonds. The molecule has 6 nitrogen and oxygen atoms in total. The van der Waals surface area contributed by atoms with E-state index >= 15 is 0 Å². The molecule has 0 bridgehead atoms. The topological polar surface area (TPSA) is 51.0 Å². The molecule has 2 aromatic rings. The third-order valence-electron chi connectivity index (χ3n) is 3.95. The summed E-state index contributed by atoms with van der Waals surface area (Å²) in [5, 5.41) is 3.36. The van der Waals surface area contributed by atoms with Crippen LogP contribution in [0.4, 0.5) is 0 Å². The van der Waals surface area contributed by atoms with Gasteiger partial charge >= 0.3 is 0 Å². The number of ether oxygens (including phenoxy) is 2. The van der Waals surface area contributed by atoms with Crippen molar-refractivity contribution in [1.29, 1.82) is 0 Å². The SMILES string of the molecule is CN=C(NCC(C)Oc1cccc(OC)c1)N(C)Cc1cccn1C.I. The Morgan fingerprint density at radius 2 is 2.00 bits per heavy atom. The van der Waals surface area contributed by atoms with E-state index in [9.17, 15) is 0 Å². The fourth-order valence-corrected chi connectivity index (χ4v) is 2.55. The fourth-order valence-electron chi connectivity index (χ4n) is 2.55. The molecule has 1 heterocycles. The largest absolute Gasteiger partial charge is 0.497 e. The maximum Gasteiger partial charge on any atom is 0.193 e. The van der Waals surface area contributed by atoms with Gasteiger partial charge in [0.15, 0.2) is 5.96 Å². The number of aryl methyl sites for hydroxylation is 1. The van der Waals surface area contributed by atoms with Crippen molar-refractivity contribution in [1.82, 2.24) is 14.8 Å². The predicted octanol–water partition coefficient (Wildman–Crippen LogP) is 3.13. The number of methoxy groups -OCH3 is 1. The first-order chi connectivity index (χ1) is 12.0. The molecule has 0 aliphatic heterocycles. The summed E-state index contributed by atoms with van der Waals surface area (Å²) in [5.74, 6) is 2.42. The first-order valence-corrected chi connectivity index (χ1v) is 8.36. The third-order valence-corrected chi connectivity index (χ3v) is 3.95. The van der Waals surface area contributed by atoms with E-state index in [-0.39, 0.29) is 30.1 Å². The molecule has 2 rings (SSSR count). The smallest absolute Gasteiger partial charge is 0.193 e. The van der Waals surface area contributed by atoms with Crippen LogP contribution in [0.5, 0.6) is 11.5 Å². The Bertz CT molecular complexity index is 702. The molecule has 144 valence electrons. The zero-order valence-corrected chi connectivity index (χ0v) is 18.4. The highest BCUT2D eigenvalue weighted by Crippen LogP contribution is 2.19. The third kappa shape index (κ3) is 6.44. The van der Waals surface area contributed by atoms with E-state index < -0.39 is 0 Å².